The number of carboxylic acid groups (broad SMARTS) is 1. The Hall–Kier alpha value is -2.42. The summed E-state index contributed by atoms with van der Waals surface area (Å²) in [6.07, 6.45) is 0. The molecule has 2 nitrogen and oxygen atoms in total. The predicted molar refractivity (Wildman–Crippen MR) is 68.4 cm³/mol. The summed E-state index contributed by atoms with van der Waals surface area (Å²) in [5, 5.41) is 12.2. The summed E-state index contributed by atoms with van der Waals surface area (Å²) in [7, 11) is 0. The third kappa shape index (κ3) is 1.52. The van der Waals surface area contributed by atoms with Crippen LogP contribution in [0, 0.1) is 5.82 Å². The van der Waals surface area contributed by atoms with Gasteiger partial charge in [-0.05, 0) is 39.7 Å². The Morgan fingerprint density at radius 2 is 1.61 bits per heavy atom. The average Bonchev–Trinajstić information content (AvgIpc) is 2.36. The van der Waals surface area contributed by atoms with Gasteiger partial charge in [-0.1, -0.05) is 30.3 Å². The van der Waals surface area contributed by atoms with Gasteiger partial charge < -0.3 is 5.11 Å². The van der Waals surface area contributed by atoms with E-state index in [2.05, 4.69) is 0 Å². The fraction of sp³-hybridized carbons (Fsp3) is 0. The third-order valence-corrected chi connectivity index (χ3v) is 3.05. The molecule has 0 saturated carbocycles. The Balaban J connectivity index is 2.50. The van der Waals surface area contributed by atoms with Crippen LogP contribution in [0.3, 0.4) is 0 Å². The fourth-order valence-corrected chi connectivity index (χ4v) is 2.20. The van der Waals surface area contributed by atoms with Gasteiger partial charge in [0.05, 0.1) is 0 Å². The van der Waals surface area contributed by atoms with Crippen LogP contribution >= 0.6 is 0 Å². The maximum atomic E-state index is 13.6. The number of fused-ring (bicyclic) bond motifs is 2. The van der Waals surface area contributed by atoms with E-state index in [4.69, 9.17) is 5.11 Å². The molecule has 0 bridgehead atoms. The zero-order chi connectivity index (χ0) is 12.7. The molecule has 18 heavy (non-hydrogen) atoms. The molecular weight excluding hydrogens is 231 g/mol. The van der Waals surface area contributed by atoms with Crippen molar-refractivity contribution in [1.29, 1.82) is 0 Å². The van der Waals surface area contributed by atoms with Gasteiger partial charge in [0, 0.05) is 0 Å². The molecule has 3 aromatic rings. The van der Waals surface area contributed by atoms with Gasteiger partial charge in [0.15, 0.2) is 0 Å². The van der Waals surface area contributed by atoms with Gasteiger partial charge in [0.2, 0.25) is 0 Å². The first-order chi connectivity index (χ1) is 8.66. The van der Waals surface area contributed by atoms with Gasteiger partial charge in [0.25, 0.3) is 0 Å². The number of hydrogen-bond acceptors (Lipinski definition) is 1. The summed E-state index contributed by atoms with van der Waals surface area (Å²) >= 11 is 0. The largest absolute Gasteiger partial charge is 0.478 e. The maximum absolute atomic E-state index is 13.6. The van der Waals surface area contributed by atoms with E-state index in [9.17, 15) is 9.18 Å². The van der Waals surface area contributed by atoms with Crippen LogP contribution in [-0.4, -0.2) is 11.1 Å². The number of aromatic carboxylic acids is 1. The highest BCUT2D eigenvalue weighted by Crippen LogP contribution is 2.27. The van der Waals surface area contributed by atoms with Gasteiger partial charge in [-0.2, -0.15) is 0 Å². The van der Waals surface area contributed by atoms with Crippen molar-refractivity contribution in [3.05, 3.63) is 59.9 Å². The van der Waals surface area contributed by atoms with E-state index in [0.717, 1.165) is 16.2 Å². The van der Waals surface area contributed by atoms with Crippen LogP contribution in [0.25, 0.3) is 21.5 Å². The number of hydrogen-bond donors (Lipinski definition) is 1. The Bertz CT molecular complexity index is 778. The van der Waals surface area contributed by atoms with E-state index >= 15 is 0 Å². The van der Waals surface area contributed by atoms with Crippen molar-refractivity contribution in [2.45, 2.75) is 0 Å². The molecule has 0 aliphatic carbocycles. The van der Waals surface area contributed by atoms with Crippen molar-refractivity contribution in [3.8, 4) is 0 Å². The van der Waals surface area contributed by atoms with Gasteiger partial charge in [-0.25, -0.2) is 9.18 Å². The molecule has 0 heterocycles. The molecule has 1 N–H and O–H groups in total. The highest BCUT2D eigenvalue weighted by Gasteiger charge is 2.14. The van der Waals surface area contributed by atoms with E-state index in [1.807, 2.05) is 30.3 Å². The van der Waals surface area contributed by atoms with Crippen LogP contribution in [0.4, 0.5) is 4.39 Å². The highest BCUT2D eigenvalue weighted by atomic mass is 19.1. The number of rotatable bonds is 1. The van der Waals surface area contributed by atoms with Crippen molar-refractivity contribution >= 4 is 27.5 Å². The van der Waals surface area contributed by atoms with Crippen molar-refractivity contribution in [3.63, 3.8) is 0 Å². The molecule has 0 aliphatic heterocycles. The monoisotopic (exact) mass is 240 g/mol. The molecule has 0 unspecified atom stereocenters. The predicted octanol–water partition coefficient (Wildman–Crippen LogP) is 3.83. The first-order valence-corrected chi connectivity index (χ1v) is 5.51. The maximum Gasteiger partial charge on any atom is 0.339 e. The molecule has 3 heteroatoms. The van der Waals surface area contributed by atoms with Crippen LogP contribution in [0.1, 0.15) is 10.4 Å². The molecule has 0 radical (unpaired) electrons. The molecule has 0 atom stereocenters. The second-order valence-corrected chi connectivity index (χ2v) is 4.15. The third-order valence-electron chi connectivity index (χ3n) is 3.05. The van der Waals surface area contributed by atoms with Gasteiger partial charge in [-0.15, -0.1) is 0 Å². The zero-order valence-corrected chi connectivity index (χ0v) is 9.35. The van der Waals surface area contributed by atoms with E-state index in [-0.39, 0.29) is 5.56 Å². The van der Waals surface area contributed by atoms with E-state index < -0.39 is 11.8 Å². The molecule has 0 amide bonds. The van der Waals surface area contributed by atoms with Crippen molar-refractivity contribution in [2.75, 3.05) is 0 Å². The summed E-state index contributed by atoms with van der Waals surface area (Å²) in [5.41, 5.74) is -0.266. The fourth-order valence-electron chi connectivity index (χ4n) is 2.20. The van der Waals surface area contributed by atoms with E-state index in [1.54, 1.807) is 12.1 Å². The number of carbonyl (C=O) groups is 1. The van der Waals surface area contributed by atoms with E-state index in [1.165, 1.54) is 6.07 Å². The smallest absolute Gasteiger partial charge is 0.339 e. The molecule has 0 spiro atoms. The summed E-state index contributed by atoms with van der Waals surface area (Å²) in [6.45, 7) is 0. The molecule has 3 aromatic carbocycles. The molecule has 0 aromatic heterocycles. The first kappa shape index (κ1) is 10.7. The Morgan fingerprint density at radius 3 is 2.28 bits per heavy atom. The van der Waals surface area contributed by atoms with Crippen LogP contribution in [-0.2, 0) is 0 Å². The normalized spacial score (nSPS) is 10.9. The Morgan fingerprint density at radius 1 is 0.944 bits per heavy atom. The standard InChI is InChI=1S/C15H9FO2/c16-13-6-5-11-7-9-3-1-2-4-10(9)8-12(11)14(13)15(17)18/h1-8H,(H,17,18). The summed E-state index contributed by atoms with van der Waals surface area (Å²) in [4.78, 5) is 11.1. The minimum atomic E-state index is -1.24. The van der Waals surface area contributed by atoms with Crippen LogP contribution in [0.15, 0.2) is 48.5 Å². The quantitative estimate of drug-likeness (QED) is 0.656. The molecule has 3 rings (SSSR count). The average molecular weight is 240 g/mol. The Labute approximate surface area is 102 Å². The SMILES string of the molecule is O=C(O)c1c(F)ccc2cc3ccccc3cc12. The molecule has 0 saturated heterocycles. The highest BCUT2D eigenvalue weighted by molar-refractivity contribution is 6.08. The Kier molecular flexibility index (Phi) is 2.27. The van der Waals surface area contributed by atoms with E-state index in [0.29, 0.717) is 5.39 Å². The minimum Gasteiger partial charge on any atom is -0.478 e. The van der Waals surface area contributed by atoms with Gasteiger partial charge >= 0.3 is 5.97 Å². The number of carboxylic acids is 1. The number of halogens is 1. The van der Waals surface area contributed by atoms with Gasteiger partial charge in [0.1, 0.15) is 11.4 Å². The molecule has 0 fully saturated rings. The molecule has 0 aliphatic rings. The summed E-state index contributed by atoms with van der Waals surface area (Å²) in [5.74, 6) is -1.95. The lowest BCUT2D eigenvalue weighted by Gasteiger charge is -2.06. The van der Waals surface area contributed by atoms with Crippen LogP contribution in [0.2, 0.25) is 0 Å². The van der Waals surface area contributed by atoms with Gasteiger partial charge in [-0.3, -0.25) is 0 Å². The summed E-state index contributed by atoms with van der Waals surface area (Å²) in [6, 6.07) is 14.0. The van der Waals surface area contributed by atoms with Crippen molar-refractivity contribution in [2.24, 2.45) is 0 Å². The minimum absolute atomic E-state index is 0.266. The second-order valence-electron chi connectivity index (χ2n) is 4.15. The lowest BCUT2D eigenvalue weighted by atomic mass is 9.99. The topological polar surface area (TPSA) is 37.3 Å². The number of benzene rings is 3. The molecule has 88 valence electrons. The summed E-state index contributed by atoms with van der Waals surface area (Å²) < 4.78 is 13.6. The lowest BCUT2D eigenvalue weighted by Crippen LogP contribution is -2.01. The van der Waals surface area contributed by atoms with Crippen molar-refractivity contribution < 1.29 is 14.3 Å². The first-order valence-electron chi connectivity index (χ1n) is 5.51. The zero-order valence-electron chi connectivity index (χ0n) is 9.35. The van der Waals surface area contributed by atoms with Crippen molar-refractivity contribution in [1.82, 2.24) is 0 Å². The lowest BCUT2D eigenvalue weighted by molar-refractivity contribution is 0.0694. The molecular formula is C15H9FO2. The second kappa shape index (κ2) is 3.81. The van der Waals surface area contributed by atoms with Crippen LogP contribution in [0.5, 0.6) is 0 Å². The van der Waals surface area contributed by atoms with Crippen LogP contribution < -0.4 is 0 Å².